The normalized spacial score (nSPS) is 10.8. The third kappa shape index (κ3) is 3.25. The fraction of sp³-hybridized carbons (Fsp3) is 0.200. The molecule has 0 atom stereocenters. The van der Waals surface area contributed by atoms with Crippen LogP contribution in [0, 0.1) is 0 Å². The summed E-state index contributed by atoms with van der Waals surface area (Å²) in [6.07, 6.45) is 0. The number of fused-ring (bicyclic) bond motifs is 1. The van der Waals surface area contributed by atoms with Crippen LogP contribution in [-0.4, -0.2) is 21.6 Å². The number of anilines is 1. The molecule has 0 aliphatic heterocycles. The van der Waals surface area contributed by atoms with E-state index in [1.165, 1.54) is 0 Å². The van der Waals surface area contributed by atoms with Crippen LogP contribution >= 0.6 is 11.6 Å². The van der Waals surface area contributed by atoms with Crippen molar-refractivity contribution in [2.75, 3.05) is 11.9 Å². The predicted octanol–water partition coefficient (Wildman–Crippen LogP) is 3.62. The second kappa shape index (κ2) is 6.01. The predicted molar refractivity (Wildman–Crippen MR) is 83.8 cm³/mol. The van der Waals surface area contributed by atoms with Crippen molar-refractivity contribution in [3.8, 4) is 5.88 Å². The van der Waals surface area contributed by atoms with Gasteiger partial charge in [-0.2, -0.15) is 4.98 Å². The summed E-state index contributed by atoms with van der Waals surface area (Å²) in [6.45, 7) is 3.10. The number of ether oxygens (including phenoxy) is 1. The lowest BCUT2D eigenvalue weighted by molar-refractivity contribution is 0.328. The van der Waals surface area contributed by atoms with Crippen molar-refractivity contribution in [2.24, 2.45) is 0 Å². The minimum atomic E-state index is 0.585. The number of rotatable bonds is 5. The molecule has 0 fully saturated rings. The molecule has 108 valence electrons. The Morgan fingerprint density at radius 1 is 1.14 bits per heavy atom. The van der Waals surface area contributed by atoms with Gasteiger partial charge in [0.1, 0.15) is 5.82 Å². The summed E-state index contributed by atoms with van der Waals surface area (Å²) in [5, 5.41) is 4.00. The van der Waals surface area contributed by atoms with Gasteiger partial charge in [-0.25, -0.2) is 4.98 Å². The number of aromatic amines is 1. The first kappa shape index (κ1) is 13.7. The second-order valence-corrected chi connectivity index (χ2v) is 4.93. The van der Waals surface area contributed by atoms with Gasteiger partial charge in [-0.3, -0.25) is 0 Å². The van der Waals surface area contributed by atoms with Crippen LogP contribution in [0.3, 0.4) is 0 Å². The van der Waals surface area contributed by atoms with Gasteiger partial charge in [-0.05, 0) is 37.3 Å². The third-order valence-electron chi connectivity index (χ3n) is 2.97. The molecule has 0 saturated carbocycles. The lowest BCUT2D eigenvalue weighted by Gasteiger charge is -2.03. The van der Waals surface area contributed by atoms with Crippen molar-refractivity contribution < 1.29 is 4.74 Å². The molecule has 6 heteroatoms. The van der Waals surface area contributed by atoms with Gasteiger partial charge in [0.2, 0.25) is 5.88 Å². The third-order valence-corrected chi connectivity index (χ3v) is 3.22. The van der Waals surface area contributed by atoms with Crippen LogP contribution in [0.1, 0.15) is 12.7 Å². The van der Waals surface area contributed by atoms with Gasteiger partial charge in [-0.1, -0.05) is 11.6 Å². The molecule has 0 unspecified atom stereocenters. The lowest BCUT2D eigenvalue weighted by atomic mass is 10.3. The van der Waals surface area contributed by atoms with Gasteiger partial charge in [0.25, 0.3) is 0 Å². The van der Waals surface area contributed by atoms with Crippen LogP contribution in [0.25, 0.3) is 11.2 Å². The van der Waals surface area contributed by atoms with E-state index in [-0.39, 0.29) is 0 Å². The number of imidazole rings is 1. The SMILES string of the molecule is CCOc1ccc2[nH]c(CNc3ccc(Cl)cc3)nc2n1. The largest absolute Gasteiger partial charge is 0.478 e. The first-order valence-electron chi connectivity index (χ1n) is 6.72. The van der Waals surface area contributed by atoms with Crippen LogP contribution in [0.2, 0.25) is 5.02 Å². The molecule has 21 heavy (non-hydrogen) atoms. The van der Waals surface area contributed by atoms with E-state index < -0.39 is 0 Å². The van der Waals surface area contributed by atoms with Gasteiger partial charge in [0, 0.05) is 16.8 Å². The fourth-order valence-electron chi connectivity index (χ4n) is 1.99. The first-order chi connectivity index (χ1) is 10.2. The first-order valence-corrected chi connectivity index (χ1v) is 7.10. The Morgan fingerprint density at radius 3 is 2.71 bits per heavy atom. The molecule has 0 aliphatic carbocycles. The van der Waals surface area contributed by atoms with E-state index in [1.54, 1.807) is 0 Å². The van der Waals surface area contributed by atoms with Crippen LogP contribution in [0.15, 0.2) is 36.4 Å². The van der Waals surface area contributed by atoms with Gasteiger partial charge in [0.05, 0.1) is 18.7 Å². The Hall–Kier alpha value is -2.27. The van der Waals surface area contributed by atoms with Crippen molar-refractivity contribution in [1.82, 2.24) is 15.0 Å². The van der Waals surface area contributed by atoms with Gasteiger partial charge in [0.15, 0.2) is 5.65 Å². The Bertz CT molecular complexity index is 739. The number of pyridine rings is 1. The topological polar surface area (TPSA) is 62.8 Å². The molecular weight excluding hydrogens is 288 g/mol. The summed E-state index contributed by atoms with van der Waals surface area (Å²) >= 11 is 5.86. The molecule has 0 aliphatic rings. The zero-order valence-corrected chi connectivity index (χ0v) is 12.3. The summed E-state index contributed by atoms with van der Waals surface area (Å²) in [5.74, 6) is 1.41. The molecule has 0 bridgehead atoms. The van der Waals surface area contributed by atoms with Crippen molar-refractivity contribution in [1.29, 1.82) is 0 Å². The molecule has 2 aromatic heterocycles. The van der Waals surface area contributed by atoms with Crippen molar-refractivity contribution in [2.45, 2.75) is 13.5 Å². The maximum Gasteiger partial charge on any atom is 0.215 e. The maximum absolute atomic E-state index is 5.86. The molecule has 0 amide bonds. The number of hydrogen-bond donors (Lipinski definition) is 2. The van der Waals surface area contributed by atoms with Gasteiger partial charge in [-0.15, -0.1) is 0 Å². The number of H-pyrrole nitrogens is 1. The highest BCUT2D eigenvalue weighted by atomic mass is 35.5. The summed E-state index contributed by atoms with van der Waals surface area (Å²) in [6, 6.07) is 11.3. The Balaban J connectivity index is 1.73. The summed E-state index contributed by atoms with van der Waals surface area (Å²) in [7, 11) is 0. The van der Waals surface area contributed by atoms with Crippen LogP contribution in [-0.2, 0) is 6.54 Å². The zero-order valence-electron chi connectivity index (χ0n) is 11.6. The van der Waals surface area contributed by atoms with E-state index in [0.717, 1.165) is 22.1 Å². The van der Waals surface area contributed by atoms with E-state index in [2.05, 4.69) is 20.3 Å². The van der Waals surface area contributed by atoms with E-state index in [0.29, 0.717) is 24.7 Å². The molecule has 3 rings (SSSR count). The smallest absolute Gasteiger partial charge is 0.215 e. The Kier molecular flexibility index (Phi) is 3.92. The van der Waals surface area contributed by atoms with E-state index in [9.17, 15) is 0 Å². The van der Waals surface area contributed by atoms with Gasteiger partial charge >= 0.3 is 0 Å². The highest BCUT2D eigenvalue weighted by molar-refractivity contribution is 6.30. The summed E-state index contributed by atoms with van der Waals surface area (Å²) < 4.78 is 5.37. The zero-order chi connectivity index (χ0) is 14.7. The quantitative estimate of drug-likeness (QED) is 0.755. The second-order valence-electron chi connectivity index (χ2n) is 4.50. The fourth-order valence-corrected chi connectivity index (χ4v) is 2.12. The number of hydrogen-bond acceptors (Lipinski definition) is 4. The van der Waals surface area contributed by atoms with Crippen LogP contribution in [0.5, 0.6) is 5.88 Å². The monoisotopic (exact) mass is 302 g/mol. The maximum atomic E-state index is 5.86. The van der Waals surface area contributed by atoms with Gasteiger partial charge < -0.3 is 15.0 Å². The number of halogens is 1. The molecular formula is C15H15ClN4O. The number of aromatic nitrogens is 3. The van der Waals surface area contributed by atoms with Crippen molar-refractivity contribution in [3.63, 3.8) is 0 Å². The lowest BCUT2D eigenvalue weighted by Crippen LogP contribution is -2.00. The number of nitrogens with one attached hydrogen (secondary N) is 2. The molecule has 5 nitrogen and oxygen atoms in total. The van der Waals surface area contributed by atoms with E-state index in [4.69, 9.17) is 16.3 Å². The minimum Gasteiger partial charge on any atom is -0.478 e. The van der Waals surface area contributed by atoms with E-state index >= 15 is 0 Å². The highest BCUT2D eigenvalue weighted by Gasteiger charge is 2.05. The van der Waals surface area contributed by atoms with E-state index in [1.807, 2.05) is 43.3 Å². The minimum absolute atomic E-state index is 0.585. The summed E-state index contributed by atoms with van der Waals surface area (Å²) in [5.41, 5.74) is 2.54. The molecule has 0 saturated heterocycles. The number of benzene rings is 1. The molecule has 2 N–H and O–H groups in total. The Labute approximate surface area is 127 Å². The average Bonchev–Trinajstić information content (AvgIpc) is 2.89. The Morgan fingerprint density at radius 2 is 1.95 bits per heavy atom. The average molecular weight is 303 g/mol. The van der Waals surface area contributed by atoms with Crippen LogP contribution in [0.4, 0.5) is 5.69 Å². The molecule has 0 spiro atoms. The highest BCUT2D eigenvalue weighted by Crippen LogP contribution is 2.16. The van der Waals surface area contributed by atoms with Crippen LogP contribution < -0.4 is 10.1 Å². The molecule has 1 aromatic carbocycles. The van der Waals surface area contributed by atoms with Crippen molar-refractivity contribution >= 4 is 28.5 Å². The molecule has 2 heterocycles. The van der Waals surface area contributed by atoms with Crippen molar-refractivity contribution in [3.05, 3.63) is 47.2 Å². The number of nitrogens with zero attached hydrogens (tertiary/aromatic N) is 2. The molecule has 0 radical (unpaired) electrons. The molecule has 3 aromatic rings. The summed E-state index contributed by atoms with van der Waals surface area (Å²) in [4.78, 5) is 12.0. The standard InChI is InChI=1S/C15H15ClN4O/c1-2-21-14-8-7-12-15(20-14)19-13(18-12)9-17-11-5-3-10(16)4-6-11/h3-8,17H,2,9H2,1H3,(H,18,19,20).